The molecule has 0 aliphatic heterocycles. The van der Waals surface area contributed by atoms with E-state index < -0.39 is 12.1 Å². The standard InChI is InChI=1S/C86H167NO5/c1-3-5-7-9-11-13-15-17-19-20-21-41-44-47-51-54-58-62-66-70-74-78-84(89)83(82-88)87-85(90)79-75-71-67-63-59-55-52-48-45-42-39-37-35-33-31-29-27-25-23-22-24-26-28-30-32-34-36-38-40-43-46-49-53-57-61-65-69-73-77-81-92-86(91)80-76-72-68-64-60-56-50-18-16-14-12-10-8-6-4-2/h18,50,74,78,83-84,88-89H,3-17,19-49,51-73,75-77,79-82H2,1-2H3,(H,87,90)/b50-18-,78-74+. The van der Waals surface area contributed by atoms with Gasteiger partial charge in [0.2, 0.25) is 5.91 Å². The Balaban J connectivity index is 3.31. The highest BCUT2D eigenvalue weighted by atomic mass is 16.5. The van der Waals surface area contributed by atoms with Crippen molar-refractivity contribution < 1.29 is 24.5 Å². The predicted octanol–water partition coefficient (Wildman–Crippen LogP) is 28.4. The monoisotopic (exact) mass is 1290 g/mol. The minimum atomic E-state index is -0.841. The molecule has 0 saturated carbocycles. The Kier molecular flexibility index (Phi) is 80.3. The third kappa shape index (κ3) is 77.3. The van der Waals surface area contributed by atoms with Crippen molar-refractivity contribution in [3.05, 3.63) is 24.3 Å². The second-order valence-electron chi connectivity index (χ2n) is 29.5. The first-order valence-corrected chi connectivity index (χ1v) is 42.6. The van der Waals surface area contributed by atoms with Crippen LogP contribution in [0, 0.1) is 0 Å². The number of ether oxygens (including phenoxy) is 1. The fourth-order valence-corrected chi connectivity index (χ4v) is 13.8. The maximum atomic E-state index is 12.6. The molecule has 0 aliphatic carbocycles. The highest BCUT2D eigenvalue weighted by Crippen LogP contribution is 2.21. The summed E-state index contributed by atoms with van der Waals surface area (Å²) in [7, 11) is 0. The lowest BCUT2D eigenvalue weighted by molar-refractivity contribution is -0.143. The van der Waals surface area contributed by atoms with Gasteiger partial charge in [-0.05, 0) is 57.8 Å². The van der Waals surface area contributed by atoms with Crippen LogP contribution in [0.1, 0.15) is 489 Å². The van der Waals surface area contributed by atoms with Crippen LogP contribution in [0.25, 0.3) is 0 Å². The number of carbonyl (C=O) groups excluding carboxylic acids is 2. The van der Waals surface area contributed by atoms with Gasteiger partial charge < -0.3 is 20.3 Å². The minimum Gasteiger partial charge on any atom is -0.466 e. The predicted molar refractivity (Wildman–Crippen MR) is 407 cm³/mol. The van der Waals surface area contributed by atoms with Crippen LogP contribution in [0.5, 0.6) is 0 Å². The van der Waals surface area contributed by atoms with Gasteiger partial charge in [-0.25, -0.2) is 0 Å². The first-order chi connectivity index (χ1) is 45.5. The number of aliphatic hydroxyl groups excluding tert-OH is 2. The fourth-order valence-electron chi connectivity index (χ4n) is 13.8. The lowest BCUT2D eigenvalue weighted by Crippen LogP contribution is -2.45. The average Bonchev–Trinajstić information content (AvgIpc) is 3.76. The molecular weight excluding hydrogens is 1130 g/mol. The van der Waals surface area contributed by atoms with Gasteiger partial charge in [0.25, 0.3) is 0 Å². The zero-order valence-electron chi connectivity index (χ0n) is 62.8. The molecule has 0 rings (SSSR count). The number of hydrogen-bond donors (Lipinski definition) is 3. The Bertz CT molecular complexity index is 1450. The number of nitrogens with one attached hydrogen (secondary N) is 1. The van der Waals surface area contributed by atoms with E-state index >= 15 is 0 Å². The van der Waals surface area contributed by atoms with E-state index in [2.05, 4.69) is 31.3 Å². The quantitative estimate of drug-likeness (QED) is 0.0320. The number of aliphatic hydroxyl groups is 2. The van der Waals surface area contributed by atoms with Crippen LogP contribution in [0.4, 0.5) is 0 Å². The molecule has 3 N–H and O–H groups in total. The lowest BCUT2D eigenvalue weighted by atomic mass is 10.0. The molecule has 546 valence electrons. The van der Waals surface area contributed by atoms with Gasteiger partial charge in [-0.15, -0.1) is 0 Å². The summed E-state index contributed by atoms with van der Waals surface area (Å²) in [5.41, 5.74) is 0. The molecule has 0 spiro atoms. The molecule has 2 atom stereocenters. The van der Waals surface area contributed by atoms with Gasteiger partial charge in [0, 0.05) is 12.8 Å². The maximum absolute atomic E-state index is 12.6. The maximum Gasteiger partial charge on any atom is 0.305 e. The van der Waals surface area contributed by atoms with Crippen molar-refractivity contribution in [1.82, 2.24) is 5.32 Å². The second kappa shape index (κ2) is 81.8. The van der Waals surface area contributed by atoms with Crippen molar-refractivity contribution in [3.8, 4) is 0 Å². The zero-order chi connectivity index (χ0) is 66.3. The molecule has 0 aromatic carbocycles. The number of allylic oxidation sites excluding steroid dienone is 3. The van der Waals surface area contributed by atoms with Crippen molar-refractivity contribution in [3.63, 3.8) is 0 Å². The molecule has 0 aliphatic rings. The van der Waals surface area contributed by atoms with E-state index in [1.807, 2.05) is 6.08 Å². The van der Waals surface area contributed by atoms with Gasteiger partial charge >= 0.3 is 5.97 Å². The van der Waals surface area contributed by atoms with Crippen molar-refractivity contribution >= 4 is 11.9 Å². The van der Waals surface area contributed by atoms with E-state index in [4.69, 9.17) is 4.74 Å². The van der Waals surface area contributed by atoms with Gasteiger partial charge in [-0.1, -0.05) is 443 Å². The van der Waals surface area contributed by atoms with E-state index in [1.54, 1.807) is 6.08 Å². The van der Waals surface area contributed by atoms with Crippen molar-refractivity contribution in [2.45, 2.75) is 501 Å². The van der Waals surface area contributed by atoms with E-state index in [0.717, 1.165) is 44.9 Å². The molecule has 0 bridgehead atoms. The van der Waals surface area contributed by atoms with Crippen LogP contribution in [0.15, 0.2) is 24.3 Å². The van der Waals surface area contributed by atoms with E-state index in [9.17, 15) is 19.8 Å². The molecule has 6 heteroatoms. The summed E-state index contributed by atoms with van der Waals surface area (Å²) in [6.45, 7) is 4.95. The molecule has 0 saturated heterocycles. The van der Waals surface area contributed by atoms with E-state index in [0.29, 0.717) is 19.4 Å². The molecular formula is C86H167NO5. The third-order valence-corrected chi connectivity index (χ3v) is 20.2. The molecule has 0 radical (unpaired) electrons. The van der Waals surface area contributed by atoms with Crippen LogP contribution in [-0.2, 0) is 14.3 Å². The highest BCUT2D eigenvalue weighted by molar-refractivity contribution is 5.76. The highest BCUT2D eigenvalue weighted by Gasteiger charge is 2.18. The molecule has 0 aromatic rings. The summed E-state index contributed by atoms with van der Waals surface area (Å²) in [5.74, 6) is -0.0397. The molecule has 0 heterocycles. The third-order valence-electron chi connectivity index (χ3n) is 20.2. The van der Waals surface area contributed by atoms with Crippen molar-refractivity contribution in [2.75, 3.05) is 13.2 Å². The van der Waals surface area contributed by atoms with Crippen LogP contribution in [0.3, 0.4) is 0 Å². The summed E-state index contributed by atoms with van der Waals surface area (Å²) in [6, 6.07) is -0.624. The van der Waals surface area contributed by atoms with Gasteiger partial charge in [0.1, 0.15) is 0 Å². The molecule has 0 aromatic heterocycles. The SMILES string of the molecule is CCCCCCCC/C=C\CCCCCCCC(=O)OCCCCCCCCCCCCCCCCCCCCCCCCCCCCCCCCCCCCCCCCCC(=O)NC(CO)C(O)/C=C/CCCCCCCCCCCCCCCCCCCCC. The number of hydrogen-bond acceptors (Lipinski definition) is 5. The summed E-state index contributed by atoms with van der Waals surface area (Å²) < 4.78 is 5.50. The summed E-state index contributed by atoms with van der Waals surface area (Å²) >= 11 is 0. The number of carbonyl (C=O) groups is 2. The lowest BCUT2D eigenvalue weighted by Gasteiger charge is -2.20. The van der Waals surface area contributed by atoms with E-state index in [-0.39, 0.29) is 18.5 Å². The molecule has 6 nitrogen and oxygen atoms in total. The first kappa shape index (κ1) is 90.3. The number of amides is 1. The summed E-state index contributed by atoms with van der Waals surface area (Å²) in [5, 5.41) is 23.3. The van der Waals surface area contributed by atoms with Crippen molar-refractivity contribution in [2.24, 2.45) is 0 Å². The average molecular weight is 1300 g/mol. The van der Waals surface area contributed by atoms with Crippen LogP contribution in [0.2, 0.25) is 0 Å². The fraction of sp³-hybridized carbons (Fsp3) is 0.930. The summed E-state index contributed by atoms with van der Waals surface area (Å²) in [6.07, 6.45) is 106. The van der Waals surface area contributed by atoms with Crippen molar-refractivity contribution in [1.29, 1.82) is 0 Å². The second-order valence-corrected chi connectivity index (χ2v) is 29.5. The van der Waals surface area contributed by atoms with E-state index in [1.165, 1.54) is 417 Å². The summed E-state index contributed by atoms with van der Waals surface area (Å²) in [4.78, 5) is 24.6. The molecule has 92 heavy (non-hydrogen) atoms. The zero-order valence-corrected chi connectivity index (χ0v) is 62.8. The Hall–Kier alpha value is -1.66. The van der Waals surface area contributed by atoms with Gasteiger partial charge in [-0.2, -0.15) is 0 Å². The largest absolute Gasteiger partial charge is 0.466 e. The molecule has 0 fully saturated rings. The molecule has 2 unspecified atom stereocenters. The Morgan fingerprint density at radius 1 is 0.293 bits per heavy atom. The Labute approximate surface area is 577 Å². The van der Waals surface area contributed by atoms with Crippen LogP contribution in [-0.4, -0.2) is 47.4 Å². The normalized spacial score (nSPS) is 12.5. The van der Waals surface area contributed by atoms with Crippen LogP contribution >= 0.6 is 0 Å². The molecule has 1 amide bonds. The smallest absolute Gasteiger partial charge is 0.305 e. The minimum absolute atomic E-state index is 0.0170. The number of unbranched alkanes of at least 4 members (excludes halogenated alkanes) is 68. The topological polar surface area (TPSA) is 95.9 Å². The number of esters is 1. The van der Waals surface area contributed by atoms with Gasteiger partial charge in [0.05, 0.1) is 25.4 Å². The Morgan fingerprint density at radius 3 is 0.772 bits per heavy atom. The van der Waals surface area contributed by atoms with Gasteiger partial charge in [-0.3, -0.25) is 9.59 Å². The Morgan fingerprint density at radius 2 is 0.511 bits per heavy atom. The number of rotatable bonds is 81. The van der Waals surface area contributed by atoms with Crippen LogP contribution < -0.4 is 5.32 Å². The van der Waals surface area contributed by atoms with Gasteiger partial charge in [0.15, 0.2) is 0 Å². The first-order valence-electron chi connectivity index (χ1n) is 42.6.